The third kappa shape index (κ3) is 3.30. The lowest BCUT2D eigenvalue weighted by molar-refractivity contribution is -0.0941. The Kier molecular flexibility index (Phi) is 5.25. The number of hydrogen-bond donors (Lipinski definition) is 2. The lowest BCUT2D eigenvalue weighted by Gasteiger charge is -2.46. The van der Waals surface area contributed by atoms with Gasteiger partial charge in [-0.05, 0) is 44.1 Å². The monoisotopic (exact) mass is 268 g/mol. The van der Waals surface area contributed by atoms with Crippen LogP contribution in [0.4, 0.5) is 0 Å². The molecule has 2 aliphatic rings. The van der Waals surface area contributed by atoms with Crippen LogP contribution in [-0.4, -0.2) is 24.9 Å². The maximum absolute atomic E-state index is 6.21. The Bertz CT molecular complexity index is 315. The van der Waals surface area contributed by atoms with Gasteiger partial charge in [-0.1, -0.05) is 19.8 Å². The zero-order chi connectivity index (χ0) is 13.7. The van der Waals surface area contributed by atoms with Gasteiger partial charge in [-0.2, -0.15) is 0 Å². The standard InChI is InChI=1S/C15H28N2O2/c1-3-19-15(8-4-6-12(2)10-15)14(17-16)13-7-5-9-18-11-13/h11-12,14,17H,3-10,16H2,1-2H3. The molecule has 0 spiro atoms. The Morgan fingerprint density at radius 2 is 2.42 bits per heavy atom. The lowest BCUT2D eigenvalue weighted by Crippen LogP contribution is -2.58. The summed E-state index contributed by atoms with van der Waals surface area (Å²) < 4.78 is 11.7. The summed E-state index contributed by atoms with van der Waals surface area (Å²) in [5.41, 5.74) is 4.12. The van der Waals surface area contributed by atoms with Gasteiger partial charge in [0.25, 0.3) is 0 Å². The molecule has 3 atom stereocenters. The van der Waals surface area contributed by atoms with E-state index in [9.17, 15) is 0 Å². The molecule has 1 fully saturated rings. The third-order valence-corrected chi connectivity index (χ3v) is 4.45. The Morgan fingerprint density at radius 1 is 1.58 bits per heavy atom. The molecule has 0 aromatic heterocycles. The highest BCUT2D eigenvalue weighted by Gasteiger charge is 2.44. The molecule has 1 aliphatic carbocycles. The molecule has 110 valence electrons. The highest BCUT2D eigenvalue weighted by atomic mass is 16.5. The topological polar surface area (TPSA) is 56.5 Å². The van der Waals surface area contributed by atoms with E-state index in [4.69, 9.17) is 15.3 Å². The normalized spacial score (nSPS) is 33.4. The van der Waals surface area contributed by atoms with Crippen molar-refractivity contribution in [3.63, 3.8) is 0 Å². The minimum Gasteiger partial charge on any atom is -0.501 e. The van der Waals surface area contributed by atoms with Crippen LogP contribution in [0.3, 0.4) is 0 Å². The zero-order valence-electron chi connectivity index (χ0n) is 12.3. The summed E-state index contributed by atoms with van der Waals surface area (Å²) in [6.45, 7) is 5.93. The second kappa shape index (κ2) is 6.73. The highest BCUT2D eigenvalue weighted by molar-refractivity contribution is 5.18. The molecule has 4 heteroatoms. The number of nitrogens with two attached hydrogens (primary N) is 1. The quantitative estimate of drug-likeness (QED) is 0.594. The van der Waals surface area contributed by atoms with E-state index in [-0.39, 0.29) is 11.6 Å². The molecule has 0 saturated heterocycles. The molecule has 1 heterocycles. The summed E-state index contributed by atoms with van der Waals surface area (Å²) >= 11 is 0. The van der Waals surface area contributed by atoms with E-state index < -0.39 is 0 Å². The van der Waals surface area contributed by atoms with Crippen molar-refractivity contribution >= 4 is 0 Å². The summed E-state index contributed by atoms with van der Waals surface area (Å²) in [6, 6.07) is 0.0792. The Balaban J connectivity index is 2.21. The fourth-order valence-corrected chi connectivity index (χ4v) is 3.70. The molecule has 1 saturated carbocycles. The number of rotatable bonds is 5. The molecule has 1 aliphatic heterocycles. The number of hydrazine groups is 1. The predicted molar refractivity (Wildman–Crippen MR) is 76.4 cm³/mol. The second-order valence-electron chi connectivity index (χ2n) is 5.97. The van der Waals surface area contributed by atoms with E-state index in [0.29, 0.717) is 5.92 Å². The summed E-state index contributed by atoms with van der Waals surface area (Å²) in [5.74, 6) is 6.56. The second-order valence-corrected chi connectivity index (χ2v) is 5.97. The average Bonchev–Trinajstić information content (AvgIpc) is 2.41. The fraction of sp³-hybridized carbons (Fsp3) is 0.867. The van der Waals surface area contributed by atoms with E-state index in [1.807, 2.05) is 6.26 Å². The van der Waals surface area contributed by atoms with E-state index in [1.54, 1.807) is 0 Å². The van der Waals surface area contributed by atoms with Crippen LogP contribution < -0.4 is 11.3 Å². The van der Waals surface area contributed by atoms with E-state index >= 15 is 0 Å². The smallest absolute Gasteiger partial charge is 0.0889 e. The third-order valence-electron chi connectivity index (χ3n) is 4.45. The van der Waals surface area contributed by atoms with E-state index in [0.717, 1.165) is 38.9 Å². The molecule has 2 rings (SSSR count). The van der Waals surface area contributed by atoms with Crippen molar-refractivity contribution in [3.8, 4) is 0 Å². The first kappa shape index (κ1) is 14.8. The van der Waals surface area contributed by atoms with Crippen LogP contribution in [0, 0.1) is 5.92 Å². The van der Waals surface area contributed by atoms with Gasteiger partial charge >= 0.3 is 0 Å². The van der Waals surface area contributed by atoms with Gasteiger partial charge in [0.1, 0.15) is 0 Å². The average molecular weight is 268 g/mol. The molecule has 0 amide bonds. The minimum absolute atomic E-state index is 0.0792. The number of ether oxygens (including phenoxy) is 2. The van der Waals surface area contributed by atoms with Crippen molar-refractivity contribution in [2.24, 2.45) is 11.8 Å². The zero-order valence-corrected chi connectivity index (χ0v) is 12.3. The molecular weight excluding hydrogens is 240 g/mol. The Morgan fingerprint density at radius 3 is 3.00 bits per heavy atom. The highest BCUT2D eigenvalue weighted by Crippen LogP contribution is 2.40. The van der Waals surface area contributed by atoms with Crippen molar-refractivity contribution in [3.05, 3.63) is 11.8 Å². The van der Waals surface area contributed by atoms with Crippen molar-refractivity contribution in [1.82, 2.24) is 5.43 Å². The first-order valence-corrected chi connectivity index (χ1v) is 7.62. The van der Waals surface area contributed by atoms with Crippen LogP contribution in [0.25, 0.3) is 0 Å². The number of hydrogen-bond acceptors (Lipinski definition) is 4. The van der Waals surface area contributed by atoms with Gasteiger partial charge in [0.15, 0.2) is 0 Å². The molecule has 0 aromatic rings. The maximum Gasteiger partial charge on any atom is 0.0889 e. The van der Waals surface area contributed by atoms with Gasteiger partial charge in [-0.25, -0.2) is 0 Å². The predicted octanol–water partition coefficient (Wildman–Crippen LogP) is 2.50. The van der Waals surface area contributed by atoms with Gasteiger partial charge in [0, 0.05) is 6.61 Å². The molecule has 3 N–H and O–H groups in total. The molecule has 19 heavy (non-hydrogen) atoms. The Labute approximate surface area is 116 Å². The van der Waals surface area contributed by atoms with Gasteiger partial charge in [-0.15, -0.1) is 0 Å². The largest absolute Gasteiger partial charge is 0.501 e. The molecule has 0 bridgehead atoms. The summed E-state index contributed by atoms with van der Waals surface area (Å²) in [4.78, 5) is 0. The SMILES string of the molecule is CCOC1(C(NN)C2=COCCC2)CCCC(C)C1. The van der Waals surface area contributed by atoms with Gasteiger partial charge in [-0.3, -0.25) is 11.3 Å². The molecule has 3 unspecified atom stereocenters. The molecule has 0 radical (unpaired) electrons. The van der Waals surface area contributed by atoms with Crippen LogP contribution >= 0.6 is 0 Å². The first-order valence-electron chi connectivity index (χ1n) is 7.62. The summed E-state index contributed by atoms with van der Waals surface area (Å²) in [5, 5.41) is 0. The molecule has 4 nitrogen and oxygen atoms in total. The van der Waals surface area contributed by atoms with Gasteiger partial charge < -0.3 is 9.47 Å². The van der Waals surface area contributed by atoms with Crippen molar-refractivity contribution in [2.75, 3.05) is 13.2 Å². The van der Waals surface area contributed by atoms with E-state index in [2.05, 4.69) is 19.3 Å². The molecular formula is C15H28N2O2. The van der Waals surface area contributed by atoms with Crippen LogP contribution in [0.15, 0.2) is 11.8 Å². The maximum atomic E-state index is 6.21. The van der Waals surface area contributed by atoms with Crippen LogP contribution in [0.1, 0.15) is 52.4 Å². The van der Waals surface area contributed by atoms with E-state index in [1.165, 1.54) is 18.4 Å². The fourth-order valence-electron chi connectivity index (χ4n) is 3.70. The minimum atomic E-state index is -0.159. The van der Waals surface area contributed by atoms with Crippen molar-refractivity contribution < 1.29 is 9.47 Å². The van der Waals surface area contributed by atoms with Crippen LogP contribution in [-0.2, 0) is 9.47 Å². The van der Waals surface area contributed by atoms with Gasteiger partial charge in [0.2, 0.25) is 0 Å². The van der Waals surface area contributed by atoms with Crippen LogP contribution in [0.5, 0.6) is 0 Å². The molecule has 0 aromatic carbocycles. The summed E-state index contributed by atoms with van der Waals surface area (Å²) in [6.07, 6.45) is 8.69. The number of nitrogens with one attached hydrogen (secondary N) is 1. The first-order chi connectivity index (χ1) is 9.22. The van der Waals surface area contributed by atoms with Crippen LogP contribution in [0.2, 0.25) is 0 Å². The van der Waals surface area contributed by atoms with Gasteiger partial charge in [0.05, 0.1) is 24.5 Å². The summed E-state index contributed by atoms with van der Waals surface area (Å²) in [7, 11) is 0. The Hall–Kier alpha value is -0.580. The lowest BCUT2D eigenvalue weighted by atomic mass is 9.72. The van der Waals surface area contributed by atoms with Crippen molar-refractivity contribution in [1.29, 1.82) is 0 Å². The van der Waals surface area contributed by atoms with Crippen molar-refractivity contribution in [2.45, 2.75) is 64.0 Å².